The Labute approximate surface area is 167 Å². The molecule has 5 heterocycles. The standard InChI is InChI=1S/C20H21N5O4/c1-13-2-3-15(7-21-13)29-16-10-27-17-8-24(9-18(17)28-11-16)20(26)14-4-5-25-19(6-14)22-12-23-25/h2-7,12,16-18H,8-11H2,1H3/t17-,18-/m0/s1. The minimum Gasteiger partial charge on any atom is -0.484 e. The molecular formula is C20H21N5O4. The molecule has 9 heteroatoms. The number of likely N-dealkylation sites (tertiary alicyclic amines) is 1. The second-order valence-electron chi connectivity index (χ2n) is 7.31. The molecule has 0 saturated carbocycles. The zero-order valence-electron chi connectivity index (χ0n) is 16.0. The van der Waals surface area contributed by atoms with Gasteiger partial charge in [0.05, 0.1) is 19.4 Å². The van der Waals surface area contributed by atoms with E-state index in [2.05, 4.69) is 15.1 Å². The van der Waals surface area contributed by atoms with Crippen LogP contribution in [0.2, 0.25) is 0 Å². The van der Waals surface area contributed by atoms with Crippen LogP contribution in [0.3, 0.4) is 0 Å². The van der Waals surface area contributed by atoms with Gasteiger partial charge in [0.1, 0.15) is 30.4 Å². The van der Waals surface area contributed by atoms with Crippen molar-refractivity contribution in [2.45, 2.75) is 25.2 Å². The summed E-state index contributed by atoms with van der Waals surface area (Å²) in [6.45, 7) is 3.71. The van der Waals surface area contributed by atoms with Crippen molar-refractivity contribution in [3.63, 3.8) is 0 Å². The van der Waals surface area contributed by atoms with Gasteiger partial charge in [-0.05, 0) is 31.2 Å². The van der Waals surface area contributed by atoms with Gasteiger partial charge in [-0.25, -0.2) is 9.50 Å². The number of carbonyl (C=O) groups is 1. The smallest absolute Gasteiger partial charge is 0.254 e. The Morgan fingerprint density at radius 2 is 1.93 bits per heavy atom. The minimum atomic E-state index is -0.204. The first-order chi connectivity index (χ1) is 14.2. The molecule has 0 aromatic carbocycles. The number of aryl methyl sites for hydroxylation is 1. The summed E-state index contributed by atoms with van der Waals surface area (Å²) in [4.78, 5) is 23.0. The summed E-state index contributed by atoms with van der Waals surface area (Å²) >= 11 is 0. The summed E-state index contributed by atoms with van der Waals surface area (Å²) in [6.07, 6.45) is 4.36. The highest BCUT2D eigenvalue weighted by atomic mass is 16.6. The Kier molecular flexibility index (Phi) is 4.61. The average Bonchev–Trinajstić information content (AvgIpc) is 3.33. The molecule has 0 spiro atoms. The molecule has 3 aromatic rings. The number of amides is 1. The molecule has 29 heavy (non-hydrogen) atoms. The third-order valence-electron chi connectivity index (χ3n) is 5.21. The lowest BCUT2D eigenvalue weighted by atomic mass is 10.2. The molecule has 2 saturated heterocycles. The average molecular weight is 395 g/mol. The number of rotatable bonds is 3. The number of ether oxygens (including phenoxy) is 3. The van der Waals surface area contributed by atoms with Crippen LogP contribution < -0.4 is 4.74 Å². The van der Waals surface area contributed by atoms with E-state index < -0.39 is 0 Å². The van der Waals surface area contributed by atoms with Gasteiger partial charge in [0.2, 0.25) is 0 Å². The van der Waals surface area contributed by atoms with E-state index in [1.165, 1.54) is 6.33 Å². The van der Waals surface area contributed by atoms with E-state index in [1.807, 2.05) is 19.1 Å². The van der Waals surface area contributed by atoms with Crippen molar-refractivity contribution in [2.75, 3.05) is 26.3 Å². The molecular weight excluding hydrogens is 374 g/mol. The van der Waals surface area contributed by atoms with Crippen molar-refractivity contribution < 1.29 is 19.0 Å². The van der Waals surface area contributed by atoms with E-state index in [0.717, 1.165) is 5.69 Å². The first-order valence-corrected chi connectivity index (χ1v) is 9.57. The lowest BCUT2D eigenvalue weighted by molar-refractivity contribution is -0.00461. The number of hydrogen-bond acceptors (Lipinski definition) is 7. The Morgan fingerprint density at radius 1 is 1.14 bits per heavy atom. The number of hydrogen-bond donors (Lipinski definition) is 0. The Hall–Kier alpha value is -3.04. The fourth-order valence-corrected chi connectivity index (χ4v) is 3.66. The lowest BCUT2D eigenvalue weighted by Gasteiger charge is -2.19. The second kappa shape index (κ2) is 7.41. The van der Waals surface area contributed by atoms with Crippen molar-refractivity contribution in [1.29, 1.82) is 0 Å². The molecule has 2 fully saturated rings. The number of aromatic nitrogens is 4. The van der Waals surface area contributed by atoms with Crippen LogP contribution >= 0.6 is 0 Å². The molecule has 3 aromatic heterocycles. The number of nitrogens with zero attached hydrogens (tertiary/aromatic N) is 5. The maximum Gasteiger partial charge on any atom is 0.254 e. The zero-order chi connectivity index (χ0) is 19.8. The van der Waals surface area contributed by atoms with Gasteiger partial charge >= 0.3 is 0 Å². The van der Waals surface area contributed by atoms with Crippen LogP contribution in [-0.4, -0.2) is 75.0 Å². The van der Waals surface area contributed by atoms with Gasteiger partial charge in [-0.3, -0.25) is 9.78 Å². The van der Waals surface area contributed by atoms with Gasteiger partial charge in [-0.15, -0.1) is 0 Å². The molecule has 0 aliphatic carbocycles. The number of carbonyl (C=O) groups excluding carboxylic acids is 1. The predicted octanol–water partition coefficient (Wildman–Crippen LogP) is 1.12. The van der Waals surface area contributed by atoms with Crippen LogP contribution in [0, 0.1) is 6.92 Å². The molecule has 0 N–H and O–H groups in total. The third-order valence-corrected chi connectivity index (χ3v) is 5.21. The monoisotopic (exact) mass is 395 g/mol. The molecule has 5 rings (SSSR count). The third kappa shape index (κ3) is 3.66. The quantitative estimate of drug-likeness (QED) is 0.656. The molecule has 0 unspecified atom stereocenters. The lowest BCUT2D eigenvalue weighted by Crippen LogP contribution is -2.33. The van der Waals surface area contributed by atoms with E-state index in [-0.39, 0.29) is 24.2 Å². The van der Waals surface area contributed by atoms with Crippen molar-refractivity contribution in [3.05, 3.63) is 54.2 Å². The fourth-order valence-electron chi connectivity index (χ4n) is 3.66. The SMILES string of the molecule is Cc1ccc(OC2CO[C@H]3CN(C(=O)c4ccn5ncnc5c4)C[C@@H]3OC2)cn1. The van der Waals surface area contributed by atoms with E-state index in [1.54, 1.807) is 33.9 Å². The van der Waals surface area contributed by atoms with Gasteiger partial charge in [0.15, 0.2) is 5.65 Å². The van der Waals surface area contributed by atoms with Gasteiger partial charge in [0.25, 0.3) is 5.91 Å². The maximum atomic E-state index is 12.9. The van der Waals surface area contributed by atoms with Crippen molar-refractivity contribution >= 4 is 11.6 Å². The van der Waals surface area contributed by atoms with Gasteiger partial charge in [-0.2, -0.15) is 5.10 Å². The first-order valence-electron chi connectivity index (χ1n) is 9.57. The largest absolute Gasteiger partial charge is 0.484 e. The molecule has 2 aliphatic rings. The van der Waals surface area contributed by atoms with Crippen molar-refractivity contribution in [3.8, 4) is 5.75 Å². The fraction of sp³-hybridized carbons (Fsp3) is 0.400. The molecule has 9 nitrogen and oxygen atoms in total. The topological polar surface area (TPSA) is 91.1 Å². The number of fused-ring (bicyclic) bond motifs is 2. The van der Waals surface area contributed by atoms with E-state index >= 15 is 0 Å². The zero-order valence-corrected chi connectivity index (χ0v) is 16.0. The Balaban J connectivity index is 1.21. The second-order valence-corrected chi connectivity index (χ2v) is 7.31. The van der Waals surface area contributed by atoms with E-state index in [4.69, 9.17) is 14.2 Å². The summed E-state index contributed by atoms with van der Waals surface area (Å²) in [6, 6.07) is 7.29. The highest BCUT2D eigenvalue weighted by Crippen LogP contribution is 2.23. The highest BCUT2D eigenvalue weighted by molar-refractivity contribution is 5.95. The normalized spacial score (nSPS) is 22.4. The molecule has 0 radical (unpaired) electrons. The van der Waals surface area contributed by atoms with E-state index in [9.17, 15) is 4.79 Å². The van der Waals surface area contributed by atoms with Crippen molar-refractivity contribution in [1.82, 2.24) is 24.5 Å². The van der Waals surface area contributed by atoms with Gasteiger partial charge < -0.3 is 19.1 Å². The summed E-state index contributed by atoms with van der Waals surface area (Å²) in [5.41, 5.74) is 2.16. The molecule has 1 amide bonds. The molecule has 0 bridgehead atoms. The maximum absolute atomic E-state index is 12.9. The summed E-state index contributed by atoms with van der Waals surface area (Å²) in [5.74, 6) is 0.634. The number of pyridine rings is 2. The Morgan fingerprint density at radius 3 is 2.66 bits per heavy atom. The van der Waals surface area contributed by atoms with Crippen LogP contribution in [0.5, 0.6) is 5.75 Å². The van der Waals surface area contributed by atoms with Crippen LogP contribution in [0.4, 0.5) is 0 Å². The van der Waals surface area contributed by atoms with Crippen LogP contribution in [0.1, 0.15) is 16.1 Å². The van der Waals surface area contributed by atoms with Crippen molar-refractivity contribution in [2.24, 2.45) is 0 Å². The van der Waals surface area contributed by atoms with Crippen LogP contribution in [0.25, 0.3) is 5.65 Å². The predicted molar refractivity (Wildman–Crippen MR) is 102 cm³/mol. The summed E-state index contributed by atoms with van der Waals surface area (Å²) in [5, 5.41) is 4.05. The molecule has 2 atom stereocenters. The molecule has 150 valence electrons. The van der Waals surface area contributed by atoms with E-state index in [0.29, 0.717) is 43.3 Å². The summed E-state index contributed by atoms with van der Waals surface area (Å²) in [7, 11) is 0. The highest BCUT2D eigenvalue weighted by Gasteiger charge is 2.40. The van der Waals surface area contributed by atoms with Gasteiger partial charge in [-0.1, -0.05) is 0 Å². The minimum absolute atomic E-state index is 0.0608. The first kappa shape index (κ1) is 18.0. The summed E-state index contributed by atoms with van der Waals surface area (Å²) < 4.78 is 19.6. The van der Waals surface area contributed by atoms with Gasteiger partial charge in [0, 0.05) is 30.5 Å². The van der Waals surface area contributed by atoms with Crippen LogP contribution in [-0.2, 0) is 9.47 Å². The Bertz CT molecular complexity index is 1010. The van der Waals surface area contributed by atoms with Crippen LogP contribution in [0.15, 0.2) is 43.0 Å². The molecule has 2 aliphatic heterocycles.